The molecule has 0 spiro atoms. The fourth-order valence-electron chi connectivity index (χ4n) is 3.79. The summed E-state index contributed by atoms with van der Waals surface area (Å²) in [4.78, 5) is 26.6. The van der Waals surface area contributed by atoms with Crippen LogP contribution < -0.4 is 0 Å². The SMILES string of the molecule is COC(=O)C1CN(C(=O)OC(C)(C)C)CCC1(O)c1cccc(-c2ccccc2)c1. The molecule has 0 aromatic heterocycles. The van der Waals surface area contributed by atoms with Crippen molar-refractivity contribution in [1.29, 1.82) is 0 Å². The quantitative estimate of drug-likeness (QED) is 0.774. The Bertz CT molecular complexity index is 905. The number of ether oxygens (including phenoxy) is 2. The molecular formula is C24H29NO5. The zero-order valence-electron chi connectivity index (χ0n) is 17.9. The van der Waals surface area contributed by atoms with Crippen molar-refractivity contribution in [3.63, 3.8) is 0 Å². The zero-order chi connectivity index (χ0) is 21.9. The first-order valence-corrected chi connectivity index (χ1v) is 10.1. The molecule has 1 aliphatic rings. The Balaban J connectivity index is 1.92. The second-order valence-electron chi connectivity index (χ2n) is 8.62. The van der Waals surface area contributed by atoms with E-state index < -0.39 is 29.2 Å². The second kappa shape index (κ2) is 8.48. The van der Waals surface area contributed by atoms with E-state index in [2.05, 4.69) is 0 Å². The van der Waals surface area contributed by atoms with Gasteiger partial charge in [-0.3, -0.25) is 4.79 Å². The number of benzene rings is 2. The standard InChI is InChI=1S/C24H29NO5/c1-23(2,3)30-22(27)25-14-13-24(28,20(16-25)21(26)29-4)19-12-8-11-18(15-19)17-9-6-5-7-10-17/h5-12,15,20,28H,13-14,16H2,1-4H3. The third-order valence-electron chi connectivity index (χ3n) is 5.35. The van der Waals surface area contributed by atoms with Crippen LogP contribution in [0.1, 0.15) is 32.8 Å². The van der Waals surface area contributed by atoms with Crippen molar-refractivity contribution in [2.24, 2.45) is 5.92 Å². The van der Waals surface area contributed by atoms with E-state index in [9.17, 15) is 14.7 Å². The van der Waals surface area contributed by atoms with Gasteiger partial charge < -0.3 is 19.5 Å². The minimum atomic E-state index is -1.45. The third kappa shape index (κ3) is 4.65. The number of aliphatic hydroxyl groups is 1. The van der Waals surface area contributed by atoms with Crippen LogP contribution in [-0.2, 0) is 19.9 Å². The van der Waals surface area contributed by atoms with E-state index in [4.69, 9.17) is 9.47 Å². The molecule has 30 heavy (non-hydrogen) atoms. The van der Waals surface area contributed by atoms with Crippen molar-refractivity contribution in [3.8, 4) is 11.1 Å². The molecule has 0 bridgehead atoms. The summed E-state index contributed by atoms with van der Waals surface area (Å²) in [7, 11) is 1.29. The number of carbonyl (C=O) groups excluding carboxylic acids is 2. The first-order valence-electron chi connectivity index (χ1n) is 10.1. The van der Waals surface area contributed by atoms with Gasteiger partial charge in [0.1, 0.15) is 17.1 Å². The van der Waals surface area contributed by atoms with Crippen molar-refractivity contribution < 1.29 is 24.2 Å². The molecule has 0 radical (unpaired) electrons. The van der Waals surface area contributed by atoms with Crippen molar-refractivity contribution in [2.75, 3.05) is 20.2 Å². The first kappa shape index (κ1) is 21.8. The number of likely N-dealkylation sites (tertiary alicyclic amines) is 1. The molecule has 0 aliphatic carbocycles. The number of methoxy groups -OCH3 is 1. The number of hydrogen-bond acceptors (Lipinski definition) is 5. The third-order valence-corrected chi connectivity index (χ3v) is 5.35. The van der Waals surface area contributed by atoms with Gasteiger partial charge >= 0.3 is 12.1 Å². The molecule has 6 nitrogen and oxygen atoms in total. The van der Waals surface area contributed by atoms with E-state index in [-0.39, 0.29) is 19.5 Å². The molecule has 1 heterocycles. The lowest BCUT2D eigenvalue weighted by molar-refractivity contribution is -0.163. The van der Waals surface area contributed by atoms with Crippen LogP contribution in [0.2, 0.25) is 0 Å². The van der Waals surface area contributed by atoms with Crippen molar-refractivity contribution in [2.45, 2.75) is 38.4 Å². The Hall–Kier alpha value is -2.86. The fourth-order valence-corrected chi connectivity index (χ4v) is 3.79. The van der Waals surface area contributed by atoms with Gasteiger partial charge in [0.2, 0.25) is 0 Å². The van der Waals surface area contributed by atoms with Crippen molar-refractivity contribution in [1.82, 2.24) is 4.90 Å². The van der Waals surface area contributed by atoms with Gasteiger partial charge in [0.25, 0.3) is 0 Å². The van der Waals surface area contributed by atoms with Gasteiger partial charge in [-0.15, -0.1) is 0 Å². The van der Waals surface area contributed by atoms with Crippen LogP contribution in [0.3, 0.4) is 0 Å². The van der Waals surface area contributed by atoms with E-state index >= 15 is 0 Å². The van der Waals surface area contributed by atoms with E-state index in [1.54, 1.807) is 20.8 Å². The van der Waals surface area contributed by atoms with Crippen LogP contribution in [0.15, 0.2) is 54.6 Å². The molecule has 160 valence electrons. The molecule has 1 fully saturated rings. The fraction of sp³-hybridized carbons (Fsp3) is 0.417. The number of rotatable bonds is 3. The van der Waals surface area contributed by atoms with Crippen LogP contribution in [0.4, 0.5) is 4.79 Å². The summed E-state index contributed by atoms with van der Waals surface area (Å²) in [6.45, 7) is 5.66. The van der Waals surface area contributed by atoms with Gasteiger partial charge in [-0.25, -0.2) is 4.79 Å². The summed E-state index contributed by atoms with van der Waals surface area (Å²) in [6, 6.07) is 17.4. The molecule has 6 heteroatoms. The Labute approximate surface area is 177 Å². The highest BCUT2D eigenvalue weighted by Gasteiger charge is 2.49. The number of amides is 1. The lowest BCUT2D eigenvalue weighted by Crippen LogP contribution is -2.55. The smallest absolute Gasteiger partial charge is 0.410 e. The number of nitrogens with zero attached hydrogens (tertiary/aromatic N) is 1. The predicted molar refractivity (Wildman–Crippen MR) is 114 cm³/mol. The Kier molecular flexibility index (Phi) is 6.17. The molecule has 0 saturated carbocycles. The Morgan fingerprint density at radius 1 is 1.07 bits per heavy atom. The van der Waals surface area contributed by atoms with Gasteiger partial charge in [-0.1, -0.05) is 48.5 Å². The van der Waals surface area contributed by atoms with Crippen LogP contribution >= 0.6 is 0 Å². The van der Waals surface area contributed by atoms with Crippen molar-refractivity contribution in [3.05, 3.63) is 60.2 Å². The molecule has 3 rings (SSSR count). The summed E-state index contributed by atoms with van der Waals surface area (Å²) in [5.74, 6) is -1.48. The number of carbonyl (C=O) groups is 2. The number of piperidine rings is 1. The summed E-state index contributed by atoms with van der Waals surface area (Å²) in [5, 5.41) is 11.6. The minimum absolute atomic E-state index is 0.0215. The summed E-state index contributed by atoms with van der Waals surface area (Å²) in [6.07, 6.45) is -0.305. The average molecular weight is 411 g/mol. The lowest BCUT2D eigenvalue weighted by atomic mass is 9.75. The molecule has 2 aromatic carbocycles. The van der Waals surface area contributed by atoms with E-state index in [0.717, 1.165) is 11.1 Å². The number of hydrogen-bond donors (Lipinski definition) is 1. The summed E-state index contributed by atoms with van der Waals surface area (Å²) < 4.78 is 10.4. The van der Waals surface area contributed by atoms with Gasteiger partial charge in [0.05, 0.1) is 7.11 Å². The molecule has 2 unspecified atom stereocenters. The van der Waals surface area contributed by atoms with Gasteiger partial charge in [0, 0.05) is 13.1 Å². The highest BCUT2D eigenvalue weighted by molar-refractivity contribution is 5.77. The maximum Gasteiger partial charge on any atom is 0.410 e. The van der Waals surface area contributed by atoms with Crippen molar-refractivity contribution >= 4 is 12.1 Å². The van der Waals surface area contributed by atoms with Crippen LogP contribution in [-0.4, -0.2) is 47.9 Å². The van der Waals surface area contributed by atoms with E-state index in [1.165, 1.54) is 12.0 Å². The first-order chi connectivity index (χ1) is 14.1. The highest BCUT2D eigenvalue weighted by atomic mass is 16.6. The Morgan fingerprint density at radius 2 is 1.73 bits per heavy atom. The van der Waals surface area contributed by atoms with Crippen LogP contribution in [0.25, 0.3) is 11.1 Å². The number of esters is 1. The van der Waals surface area contributed by atoms with E-state index in [1.807, 2.05) is 54.6 Å². The maximum absolute atomic E-state index is 12.6. The lowest BCUT2D eigenvalue weighted by Gasteiger charge is -2.43. The molecular weight excluding hydrogens is 382 g/mol. The topological polar surface area (TPSA) is 76.1 Å². The predicted octanol–water partition coefficient (Wildman–Crippen LogP) is 3.97. The molecule has 2 atom stereocenters. The molecule has 1 saturated heterocycles. The monoisotopic (exact) mass is 411 g/mol. The molecule has 1 amide bonds. The maximum atomic E-state index is 12.6. The second-order valence-corrected chi connectivity index (χ2v) is 8.62. The zero-order valence-corrected chi connectivity index (χ0v) is 17.9. The summed E-state index contributed by atoms with van der Waals surface area (Å²) in [5.41, 5.74) is 0.498. The van der Waals surface area contributed by atoms with Gasteiger partial charge in [0.15, 0.2) is 0 Å². The van der Waals surface area contributed by atoms with Gasteiger partial charge in [-0.05, 0) is 49.9 Å². The minimum Gasteiger partial charge on any atom is -0.469 e. The molecule has 2 aromatic rings. The molecule has 1 N–H and O–H groups in total. The normalized spacial score (nSPS) is 21.8. The Morgan fingerprint density at radius 3 is 2.37 bits per heavy atom. The largest absolute Gasteiger partial charge is 0.469 e. The van der Waals surface area contributed by atoms with Gasteiger partial charge in [-0.2, -0.15) is 0 Å². The van der Waals surface area contributed by atoms with E-state index in [0.29, 0.717) is 5.56 Å². The van der Waals surface area contributed by atoms with Crippen LogP contribution in [0.5, 0.6) is 0 Å². The molecule has 1 aliphatic heterocycles. The summed E-state index contributed by atoms with van der Waals surface area (Å²) >= 11 is 0. The highest BCUT2D eigenvalue weighted by Crippen LogP contribution is 2.40. The average Bonchev–Trinajstić information content (AvgIpc) is 2.73. The van der Waals surface area contributed by atoms with Crippen LogP contribution in [0, 0.1) is 5.92 Å².